The van der Waals surface area contributed by atoms with Crippen LogP contribution in [-0.2, 0) is 4.79 Å². The van der Waals surface area contributed by atoms with E-state index in [1.54, 1.807) is 0 Å². The number of halogens is 2. The summed E-state index contributed by atoms with van der Waals surface area (Å²) < 4.78 is 34.2. The quantitative estimate of drug-likeness (QED) is 0.864. The molecule has 0 aromatic heterocycles. The standard InChI is InChI=1S/C14H16F2N2O5/c1-22-9-2-3-11(23-13(15)16)10(6-9)17-14(21)18-5-4-8(7-18)12(19)20/h2-3,6,8,13H,4-5,7H2,1H3,(H,17,21)(H,19,20). The Morgan fingerprint density at radius 1 is 1.43 bits per heavy atom. The van der Waals surface area contributed by atoms with Gasteiger partial charge in [-0.3, -0.25) is 4.79 Å². The lowest BCUT2D eigenvalue weighted by atomic mass is 10.1. The first-order chi connectivity index (χ1) is 10.9. The monoisotopic (exact) mass is 330 g/mol. The number of anilines is 1. The first-order valence-electron chi connectivity index (χ1n) is 6.82. The number of benzene rings is 1. The first kappa shape index (κ1) is 16.8. The minimum Gasteiger partial charge on any atom is -0.497 e. The highest BCUT2D eigenvalue weighted by atomic mass is 19.3. The Labute approximate surface area is 130 Å². The molecule has 1 aliphatic rings. The fourth-order valence-electron chi connectivity index (χ4n) is 2.27. The molecule has 7 nitrogen and oxygen atoms in total. The SMILES string of the molecule is COc1ccc(OC(F)F)c(NC(=O)N2CCC(C(=O)O)C2)c1. The van der Waals surface area contributed by atoms with E-state index in [4.69, 9.17) is 9.84 Å². The van der Waals surface area contributed by atoms with E-state index in [9.17, 15) is 18.4 Å². The Balaban J connectivity index is 2.11. The normalized spacial score (nSPS) is 17.2. The number of urea groups is 1. The van der Waals surface area contributed by atoms with Crippen LogP contribution in [0.1, 0.15) is 6.42 Å². The van der Waals surface area contributed by atoms with Crippen LogP contribution < -0.4 is 14.8 Å². The summed E-state index contributed by atoms with van der Waals surface area (Å²) in [5.41, 5.74) is 0.0217. The van der Waals surface area contributed by atoms with Gasteiger partial charge in [0, 0.05) is 19.2 Å². The van der Waals surface area contributed by atoms with Crippen LogP contribution in [-0.4, -0.2) is 48.8 Å². The molecule has 1 saturated heterocycles. The fourth-order valence-corrected chi connectivity index (χ4v) is 2.27. The molecule has 2 N–H and O–H groups in total. The van der Waals surface area contributed by atoms with Crippen LogP contribution in [0.2, 0.25) is 0 Å². The molecule has 2 amide bonds. The second-order valence-corrected chi connectivity index (χ2v) is 4.94. The summed E-state index contributed by atoms with van der Waals surface area (Å²) in [6.07, 6.45) is 0.348. The summed E-state index contributed by atoms with van der Waals surface area (Å²) in [5, 5.41) is 11.4. The number of rotatable bonds is 5. The minimum absolute atomic E-state index is 0.0217. The van der Waals surface area contributed by atoms with E-state index in [0.29, 0.717) is 12.2 Å². The van der Waals surface area contributed by atoms with Gasteiger partial charge in [-0.15, -0.1) is 0 Å². The molecule has 1 aromatic rings. The van der Waals surface area contributed by atoms with Gasteiger partial charge in [-0.25, -0.2) is 4.79 Å². The lowest BCUT2D eigenvalue weighted by Crippen LogP contribution is -2.34. The lowest BCUT2D eigenvalue weighted by molar-refractivity contribution is -0.141. The second kappa shape index (κ2) is 7.12. The van der Waals surface area contributed by atoms with Gasteiger partial charge in [0.25, 0.3) is 0 Å². The van der Waals surface area contributed by atoms with Crippen LogP contribution in [0.4, 0.5) is 19.3 Å². The van der Waals surface area contributed by atoms with Crippen molar-refractivity contribution < 1.29 is 33.0 Å². The molecule has 1 heterocycles. The van der Waals surface area contributed by atoms with Gasteiger partial charge in [0.05, 0.1) is 18.7 Å². The Kier molecular flexibility index (Phi) is 5.20. The van der Waals surface area contributed by atoms with Gasteiger partial charge in [0.15, 0.2) is 0 Å². The Morgan fingerprint density at radius 2 is 2.17 bits per heavy atom. The first-order valence-corrected chi connectivity index (χ1v) is 6.82. The summed E-state index contributed by atoms with van der Waals surface area (Å²) in [6.45, 7) is -2.70. The number of hydrogen-bond donors (Lipinski definition) is 2. The van der Waals surface area contributed by atoms with Crippen LogP contribution >= 0.6 is 0 Å². The van der Waals surface area contributed by atoms with E-state index >= 15 is 0 Å². The topological polar surface area (TPSA) is 88.1 Å². The molecule has 9 heteroatoms. The number of carboxylic acids is 1. The van der Waals surface area contributed by atoms with Gasteiger partial charge in [0.2, 0.25) is 0 Å². The average Bonchev–Trinajstić information content (AvgIpc) is 2.98. The molecule has 1 fully saturated rings. The smallest absolute Gasteiger partial charge is 0.387 e. The second-order valence-electron chi connectivity index (χ2n) is 4.94. The number of ether oxygens (including phenoxy) is 2. The van der Waals surface area contributed by atoms with Crippen molar-refractivity contribution in [1.29, 1.82) is 0 Å². The molecule has 0 saturated carbocycles. The maximum Gasteiger partial charge on any atom is 0.387 e. The van der Waals surface area contributed by atoms with Crippen molar-refractivity contribution in [3.8, 4) is 11.5 Å². The molecule has 126 valence electrons. The highest BCUT2D eigenvalue weighted by Gasteiger charge is 2.31. The lowest BCUT2D eigenvalue weighted by Gasteiger charge is -2.19. The number of amides is 2. The number of methoxy groups -OCH3 is 1. The third kappa shape index (κ3) is 4.21. The van der Waals surface area contributed by atoms with Crippen molar-refractivity contribution in [2.45, 2.75) is 13.0 Å². The maximum atomic E-state index is 12.4. The van der Waals surface area contributed by atoms with Crippen LogP contribution in [0.15, 0.2) is 18.2 Å². The van der Waals surface area contributed by atoms with Gasteiger partial charge in [-0.2, -0.15) is 8.78 Å². The molecule has 0 spiro atoms. The van der Waals surface area contributed by atoms with Crippen molar-refractivity contribution in [3.05, 3.63) is 18.2 Å². The highest BCUT2D eigenvalue weighted by molar-refractivity contribution is 5.92. The van der Waals surface area contributed by atoms with Gasteiger partial charge in [-0.05, 0) is 18.6 Å². The van der Waals surface area contributed by atoms with Crippen molar-refractivity contribution >= 4 is 17.7 Å². The Morgan fingerprint density at radius 3 is 2.74 bits per heavy atom. The molecular weight excluding hydrogens is 314 g/mol. The molecule has 0 radical (unpaired) electrons. The largest absolute Gasteiger partial charge is 0.497 e. The van der Waals surface area contributed by atoms with E-state index in [1.165, 1.54) is 30.2 Å². The fraction of sp³-hybridized carbons (Fsp3) is 0.429. The van der Waals surface area contributed by atoms with Crippen molar-refractivity contribution in [1.82, 2.24) is 4.90 Å². The van der Waals surface area contributed by atoms with E-state index < -0.39 is 24.5 Å². The number of carbonyl (C=O) groups is 2. The minimum atomic E-state index is -3.04. The van der Waals surface area contributed by atoms with Crippen molar-refractivity contribution in [2.75, 3.05) is 25.5 Å². The zero-order chi connectivity index (χ0) is 17.0. The molecule has 1 unspecified atom stereocenters. The molecule has 23 heavy (non-hydrogen) atoms. The molecule has 1 aliphatic heterocycles. The third-order valence-electron chi connectivity index (χ3n) is 3.47. The van der Waals surface area contributed by atoms with E-state index in [2.05, 4.69) is 10.1 Å². The summed E-state index contributed by atoms with van der Waals surface area (Å²) in [7, 11) is 1.40. The number of nitrogens with zero attached hydrogens (tertiary/aromatic N) is 1. The van der Waals surface area contributed by atoms with E-state index in [-0.39, 0.29) is 24.5 Å². The van der Waals surface area contributed by atoms with Gasteiger partial charge < -0.3 is 24.8 Å². The summed E-state index contributed by atoms with van der Waals surface area (Å²) >= 11 is 0. The average molecular weight is 330 g/mol. The Bertz CT molecular complexity index is 597. The number of alkyl halides is 2. The van der Waals surface area contributed by atoms with Crippen LogP contribution in [0, 0.1) is 5.92 Å². The van der Waals surface area contributed by atoms with Crippen molar-refractivity contribution in [2.24, 2.45) is 5.92 Å². The number of carbonyl (C=O) groups excluding carboxylic acids is 1. The summed E-state index contributed by atoms with van der Waals surface area (Å²) in [5.74, 6) is -1.44. The predicted octanol–water partition coefficient (Wildman–Crippen LogP) is 2.24. The van der Waals surface area contributed by atoms with E-state index in [1.807, 2.05) is 0 Å². The van der Waals surface area contributed by atoms with Gasteiger partial charge in [-0.1, -0.05) is 0 Å². The number of nitrogens with one attached hydrogen (secondary N) is 1. The molecule has 1 aromatic carbocycles. The predicted molar refractivity (Wildman–Crippen MR) is 76.0 cm³/mol. The van der Waals surface area contributed by atoms with Crippen molar-refractivity contribution in [3.63, 3.8) is 0 Å². The van der Waals surface area contributed by atoms with E-state index in [0.717, 1.165) is 0 Å². The zero-order valence-electron chi connectivity index (χ0n) is 12.3. The van der Waals surface area contributed by atoms with Gasteiger partial charge in [0.1, 0.15) is 11.5 Å². The zero-order valence-corrected chi connectivity index (χ0v) is 12.3. The number of hydrogen-bond acceptors (Lipinski definition) is 4. The van der Waals surface area contributed by atoms with Gasteiger partial charge >= 0.3 is 18.6 Å². The number of carboxylic acid groups (broad SMARTS) is 1. The molecule has 0 aliphatic carbocycles. The molecule has 1 atom stereocenters. The number of aliphatic carboxylic acids is 1. The number of likely N-dealkylation sites (tertiary alicyclic amines) is 1. The maximum absolute atomic E-state index is 12.4. The Hall–Kier alpha value is -2.58. The molecular formula is C14H16F2N2O5. The summed E-state index contributed by atoms with van der Waals surface area (Å²) in [4.78, 5) is 24.4. The third-order valence-corrected chi connectivity index (χ3v) is 3.47. The molecule has 0 bridgehead atoms. The summed E-state index contributed by atoms with van der Waals surface area (Å²) in [6, 6.07) is 3.44. The molecule has 2 rings (SSSR count). The van der Waals surface area contributed by atoms with Crippen LogP contribution in [0.5, 0.6) is 11.5 Å². The van der Waals surface area contributed by atoms with Crippen LogP contribution in [0.25, 0.3) is 0 Å². The van der Waals surface area contributed by atoms with Crippen LogP contribution in [0.3, 0.4) is 0 Å². The highest BCUT2D eigenvalue weighted by Crippen LogP contribution is 2.31.